The van der Waals surface area contributed by atoms with Crippen LogP contribution in [0.15, 0.2) is 0 Å². The summed E-state index contributed by atoms with van der Waals surface area (Å²) >= 11 is 0. The van der Waals surface area contributed by atoms with Crippen molar-refractivity contribution in [3.8, 4) is 0 Å². The largest absolute Gasteiger partial charge is 0.695 e. The molecule has 17 heavy (non-hydrogen) atoms. The summed E-state index contributed by atoms with van der Waals surface area (Å²) in [6.07, 6.45) is -2.36. The summed E-state index contributed by atoms with van der Waals surface area (Å²) < 4.78 is 30.7. The molecule has 9 heteroatoms. The maximum Gasteiger partial charge on any atom is 0.695 e. The van der Waals surface area contributed by atoms with Gasteiger partial charge in [-0.15, -0.1) is 9.42 Å². The molecule has 2 radical (unpaired) electrons. The van der Waals surface area contributed by atoms with E-state index < -0.39 is 32.6 Å². The molecular formula is C8H15BO7P+. The first-order valence-electron chi connectivity index (χ1n) is 5.05. The van der Waals surface area contributed by atoms with Crippen LogP contribution in [0.4, 0.5) is 0 Å². The van der Waals surface area contributed by atoms with Crippen LogP contribution in [0.25, 0.3) is 0 Å². The van der Waals surface area contributed by atoms with Crippen LogP contribution in [0.1, 0.15) is 0 Å². The third kappa shape index (κ3) is 4.26. The minimum atomic E-state index is -2.82. The van der Waals surface area contributed by atoms with E-state index in [1.807, 2.05) is 0 Å². The molecule has 5 atom stereocenters. The van der Waals surface area contributed by atoms with E-state index in [4.69, 9.17) is 36.6 Å². The van der Waals surface area contributed by atoms with Gasteiger partial charge in [0.2, 0.25) is 0 Å². The Hall–Kier alpha value is -0.0751. The molecule has 1 aliphatic rings. The van der Waals surface area contributed by atoms with Crippen LogP contribution >= 0.6 is 8.25 Å². The molecular weight excluding hydrogens is 250 g/mol. The summed E-state index contributed by atoms with van der Waals surface area (Å²) in [5.41, 5.74) is 0. The number of hydrogen-bond donors (Lipinski definition) is 2. The highest BCUT2D eigenvalue weighted by atomic mass is 31.1. The van der Waals surface area contributed by atoms with Gasteiger partial charge >= 0.3 is 8.25 Å². The van der Waals surface area contributed by atoms with Crippen molar-refractivity contribution in [2.75, 3.05) is 26.9 Å². The van der Waals surface area contributed by atoms with Gasteiger partial charge in [0.1, 0.15) is 20.1 Å². The molecule has 2 N–H and O–H groups in total. The van der Waals surface area contributed by atoms with Crippen molar-refractivity contribution in [3.05, 3.63) is 0 Å². The maximum atomic E-state index is 10.7. The quantitative estimate of drug-likeness (QED) is 0.344. The lowest BCUT2D eigenvalue weighted by atomic mass is 9.93. The fraction of sp³-hybridized carbons (Fsp3) is 1.00. The average Bonchev–Trinajstić information content (AvgIpc) is 2.56. The molecule has 96 valence electrons. The van der Waals surface area contributed by atoms with Gasteiger partial charge in [-0.25, -0.2) is 0 Å². The van der Waals surface area contributed by atoms with Gasteiger partial charge in [-0.05, 0) is 0 Å². The molecule has 1 rings (SSSR count). The predicted molar refractivity (Wildman–Crippen MR) is 57.8 cm³/mol. The normalized spacial score (nSPS) is 33.9. The number of aliphatic hydroxyl groups excluding tert-OH is 1. The summed E-state index contributed by atoms with van der Waals surface area (Å²) in [5.74, 6) is 0. The monoisotopic (exact) mass is 265 g/mol. The first-order valence-corrected chi connectivity index (χ1v) is 6.18. The molecule has 0 aliphatic carbocycles. The molecule has 1 aliphatic heterocycles. The van der Waals surface area contributed by atoms with E-state index in [0.29, 0.717) is 6.61 Å². The van der Waals surface area contributed by atoms with Gasteiger partial charge in [0.15, 0.2) is 6.10 Å². The van der Waals surface area contributed by atoms with Crippen LogP contribution in [-0.4, -0.2) is 69.1 Å². The lowest BCUT2D eigenvalue weighted by molar-refractivity contribution is -0.0324. The number of rotatable bonds is 7. The van der Waals surface area contributed by atoms with Gasteiger partial charge in [0, 0.05) is 17.7 Å². The molecule has 0 aromatic rings. The van der Waals surface area contributed by atoms with Gasteiger partial charge in [-0.3, -0.25) is 0 Å². The highest BCUT2D eigenvalue weighted by Crippen LogP contribution is 2.31. The lowest BCUT2D eigenvalue weighted by Gasteiger charge is -2.18. The molecule has 0 spiro atoms. The van der Waals surface area contributed by atoms with Crippen LogP contribution < -0.4 is 0 Å². The smallest absolute Gasteiger partial charge is 0.394 e. The van der Waals surface area contributed by atoms with E-state index in [1.54, 1.807) is 0 Å². The Kier molecular flexibility index (Phi) is 6.50. The van der Waals surface area contributed by atoms with Crippen molar-refractivity contribution in [1.82, 2.24) is 0 Å². The Morgan fingerprint density at radius 3 is 2.65 bits per heavy atom. The predicted octanol–water partition coefficient (Wildman–Crippen LogP) is -1.06. The Morgan fingerprint density at radius 2 is 2.12 bits per heavy atom. The third-order valence-corrected chi connectivity index (χ3v) is 2.76. The fourth-order valence-corrected chi connectivity index (χ4v) is 2.06. The van der Waals surface area contributed by atoms with E-state index in [1.165, 1.54) is 7.11 Å². The summed E-state index contributed by atoms with van der Waals surface area (Å²) in [7, 11) is 4.34. The summed E-state index contributed by atoms with van der Waals surface area (Å²) in [6.45, 7) is 0.231. The van der Waals surface area contributed by atoms with Crippen LogP contribution in [0.5, 0.6) is 0 Å². The second-order valence-electron chi connectivity index (χ2n) is 3.46. The maximum absolute atomic E-state index is 10.7. The van der Waals surface area contributed by atoms with Gasteiger partial charge in [-0.1, -0.05) is 0 Å². The van der Waals surface area contributed by atoms with E-state index >= 15 is 0 Å². The van der Waals surface area contributed by atoms with Gasteiger partial charge in [-0.2, -0.15) is 0 Å². The Balaban J connectivity index is 2.58. The van der Waals surface area contributed by atoms with Crippen LogP contribution in [0, 0.1) is 0 Å². The summed E-state index contributed by atoms with van der Waals surface area (Å²) in [4.78, 5) is 8.73. The zero-order chi connectivity index (χ0) is 12.8. The highest BCUT2D eigenvalue weighted by molar-refractivity contribution is 7.32. The number of ether oxygens (including phenoxy) is 3. The first-order chi connectivity index (χ1) is 8.10. The van der Waals surface area contributed by atoms with Gasteiger partial charge in [0.25, 0.3) is 0 Å². The number of aliphatic hydroxyl groups is 1. The molecule has 0 bridgehead atoms. The Bertz CT molecular complexity index is 254. The van der Waals surface area contributed by atoms with Crippen molar-refractivity contribution in [2.45, 2.75) is 24.3 Å². The minimum Gasteiger partial charge on any atom is -0.394 e. The topological polar surface area (TPSA) is 94.5 Å². The number of hydrogen-bond acceptors (Lipinski definition) is 6. The lowest BCUT2D eigenvalue weighted by Crippen LogP contribution is -2.38. The molecule has 0 aromatic carbocycles. The van der Waals surface area contributed by atoms with Crippen molar-refractivity contribution >= 4 is 16.1 Å². The summed E-state index contributed by atoms with van der Waals surface area (Å²) in [5, 5.41) is 9.04. The zero-order valence-electron chi connectivity index (χ0n) is 9.39. The molecule has 1 saturated heterocycles. The zero-order valence-corrected chi connectivity index (χ0v) is 10.3. The molecule has 0 aromatic heterocycles. The van der Waals surface area contributed by atoms with E-state index in [0.717, 1.165) is 0 Å². The van der Waals surface area contributed by atoms with E-state index in [2.05, 4.69) is 0 Å². The summed E-state index contributed by atoms with van der Waals surface area (Å²) in [6, 6.07) is -0.816. The van der Waals surface area contributed by atoms with Crippen LogP contribution in [0.2, 0.25) is 0 Å². The van der Waals surface area contributed by atoms with Crippen molar-refractivity contribution < 1.29 is 33.3 Å². The molecule has 3 unspecified atom stereocenters. The van der Waals surface area contributed by atoms with E-state index in [9.17, 15) is 4.57 Å². The second kappa shape index (κ2) is 7.38. The molecule has 1 heterocycles. The molecule has 1 fully saturated rings. The van der Waals surface area contributed by atoms with Crippen molar-refractivity contribution in [1.29, 1.82) is 0 Å². The Morgan fingerprint density at radius 1 is 1.41 bits per heavy atom. The second-order valence-corrected chi connectivity index (χ2v) is 4.14. The van der Waals surface area contributed by atoms with Crippen LogP contribution in [-0.2, 0) is 23.3 Å². The SMILES string of the molecule is [B][C@@H]1O[C@H](CO)C(O[P+](=O)O)C1OCCOC. The average molecular weight is 265 g/mol. The standard InChI is InChI=1S/C8H14BO7P/c1-13-2-3-14-7-6(16-17(11)12)5(4-10)15-8(7)9/h5-8,10H,2-4H2,1H3/p+1/t5-,6?,7?,8-/m1/s1. The minimum absolute atomic E-state index is 0.248. The van der Waals surface area contributed by atoms with Gasteiger partial charge < -0.3 is 19.3 Å². The van der Waals surface area contributed by atoms with Crippen LogP contribution in [0.3, 0.4) is 0 Å². The first kappa shape index (κ1) is 15.0. The highest BCUT2D eigenvalue weighted by Gasteiger charge is 2.48. The third-order valence-electron chi connectivity index (χ3n) is 2.34. The van der Waals surface area contributed by atoms with Crippen molar-refractivity contribution in [3.63, 3.8) is 0 Å². The molecule has 7 nitrogen and oxygen atoms in total. The van der Waals surface area contributed by atoms with E-state index in [-0.39, 0.29) is 13.2 Å². The molecule has 0 amide bonds. The molecule has 0 saturated carbocycles. The fourth-order valence-electron chi connectivity index (χ4n) is 1.59. The van der Waals surface area contributed by atoms with Gasteiger partial charge in [0.05, 0.1) is 19.8 Å². The van der Waals surface area contributed by atoms with Crippen molar-refractivity contribution in [2.24, 2.45) is 0 Å². The Labute approximate surface area is 101 Å². The number of methoxy groups -OCH3 is 1.